The molecule has 0 bridgehead atoms. The van der Waals surface area contributed by atoms with Crippen molar-refractivity contribution in [2.24, 2.45) is 0 Å². The van der Waals surface area contributed by atoms with Crippen LogP contribution in [-0.2, 0) is 9.53 Å². The number of aromatic nitrogens is 2. The zero-order valence-electron chi connectivity index (χ0n) is 23.6. The van der Waals surface area contributed by atoms with Crippen molar-refractivity contribution in [3.05, 3.63) is 77.0 Å². The van der Waals surface area contributed by atoms with Crippen molar-refractivity contribution in [3.63, 3.8) is 0 Å². The summed E-state index contributed by atoms with van der Waals surface area (Å²) in [5.41, 5.74) is 2.93. The van der Waals surface area contributed by atoms with Crippen molar-refractivity contribution >= 4 is 17.8 Å². The first-order valence-corrected chi connectivity index (χ1v) is 13.9. The van der Waals surface area contributed by atoms with Crippen LogP contribution in [0.15, 0.2) is 48.5 Å². The number of hydrogen-bond donors (Lipinski definition) is 2. The highest BCUT2D eigenvalue weighted by Crippen LogP contribution is 2.36. The molecule has 1 aromatic heterocycles. The Morgan fingerprint density at radius 1 is 1.10 bits per heavy atom. The van der Waals surface area contributed by atoms with E-state index in [-0.39, 0.29) is 23.9 Å². The van der Waals surface area contributed by atoms with Crippen molar-refractivity contribution < 1.29 is 23.1 Å². The first-order valence-electron chi connectivity index (χ1n) is 13.9. The number of anilines is 1. The van der Waals surface area contributed by atoms with Gasteiger partial charge in [0.05, 0.1) is 30.1 Å². The van der Waals surface area contributed by atoms with Gasteiger partial charge in [-0.2, -0.15) is 5.10 Å². The lowest BCUT2D eigenvalue weighted by atomic mass is 9.94. The van der Waals surface area contributed by atoms with Crippen LogP contribution < -0.4 is 10.6 Å². The summed E-state index contributed by atoms with van der Waals surface area (Å²) in [6.07, 6.45) is 1.69. The normalized spacial score (nSPS) is 20.9. The predicted molar refractivity (Wildman–Crippen MR) is 151 cm³/mol. The number of ether oxygens (including phenoxy) is 1. The van der Waals surface area contributed by atoms with E-state index < -0.39 is 17.7 Å². The summed E-state index contributed by atoms with van der Waals surface area (Å²) in [4.78, 5) is 29.8. The van der Waals surface area contributed by atoms with Crippen molar-refractivity contribution in [3.8, 4) is 5.69 Å². The van der Waals surface area contributed by atoms with Gasteiger partial charge in [-0.1, -0.05) is 24.3 Å². The van der Waals surface area contributed by atoms with Crippen LogP contribution in [-0.4, -0.2) is 77.5 Å². The summed E-state index contributed by atoms with van der Waals surface area (Å²) in [5, 5.41) is 11.0. The fourth-order valence-electron chi connectivity index (χ4n) is 5.99. The summed E-state index contributed by atoms with van der Waals surface area (Å²) in [7, 11) is 1.62. The second-order valence-electron chi connectivity index (χ2n) is 10.7. The number of para-hydroxylation sites is 1. The number of carbonyl (C=O) groups excluding carboxylic acids is 2. The third-order valence-electron chi connectivity index (χ3n) is 8.06. The minimum Gasteiger partial charge on any atom is -0.383 e. The number of amides is 3. The van der Waals surface area contributed by atoms with Crippen molar-refractivity contribution in [1.82, 2.24) is 24.9 Å². The zero-order valence-corrected chi connectivity index (χ0v) is 23.6. The third-order valence-corrected chi connectivity index (χ3v) is 8.06. The zero-order chi connectivity index (χ0) is 29.1. The fraction of sp³-hybridized carbons (Fsp3) is 0.433. The third kappa shape index (κ3) is 6.11. The molecule has 3 atom stereocenters. The molecular weight excluding hydrogens is 530 g/mol. The largest absolute Gasteiger partial charge is 0.383 e. The van der Waals surface area contributed by atoms with Gasteiger partial charge in [0.15, 0.2) is 11.6 Å². The molecule has 5 rings (SSSR count). The molecule has 2 N–H and O–H groups in total. The molecule has 2 saturated heterocycles. The van der Waals surface area contributed by atoms with Gasteiger partial charge in [-0.15, -0.1) is 0 Å². The molecule has 0 radical (unpaired) electrons. The molecule has 9 nitrogen and oxygen atoms in total. The Labute approximate surface area is 238 Å². The average molecular weight is 567 g/mol. The molecule has 0 aliphatic carbocycles. The minimum atomic E-state index is -0.914. The van der Waals surface area contributed by atoms with Crippen LogP contribution in [0.4, 0.5) is 19.4 Å². The lowest BCUT2D eigenvalue weighted by Gasteiger charge is -2.22. The van der Waals surface area contributed by atoms with Gasteiger partial charge in [-0.3, -0.25) is 15.0 Å². The number of nitrogens with one attached hydrogen (secondary N) is 2. The fourth-order valence-corrected chi connectivity index (χ4v) is 5.99. The Kier molecular flexibility index (Phi) is 8.65. The Morgan fingerprint density at radius 2 is 1.88 bits per heavy atom. The van der Waals surface area contributed by atoms with E-state index in [4.69, 9.17) is 9.84 Å². The Hall–Kier alpha value is -3.83. The smallest absolute Gasteiger partial charge is 0.320 e. The summed E-state index contributed by atoms with van der Waals surface area (Å²) in [5.74, 6) is -1.56. The SMILES string of the molecule is COCCN1C[C@@H](NC(=O)Nc2c(C)c(C3CCCN3C(C)=O)nn2-c2ccccc2)[C@H](c2ccc(F)c(F)c2)C1. The van der Waals surface area contributed by atoms with Crippen LogP contribution in [0, 0.1) is 18.6 Å². The highest BCUT2D eigenvalue weighted by molar-refractivity contribution is 5.90. The van der Waals surface area contributed by atoms with Gasteiger partial charge in [-0.25, -0.2) is 18.3 Å². The van der Waals surface area contributed by atoms with Gasteiger partial charge in [0, 0.05) is 51.7 Å². The molecule has 218 valence electrons. The van der Waals surface area contributed by atoms with E-state index in [1.165, 1.54) is 6.07 Å². The summed E-state index contributed by atoms with van der Waals surface area (Å²) >= 11 is 0. The van der Waals surface area contributed by atoms with Crippen LogP contribution in [0.1, 0.15) is 48.5 Å². The number of methoxy groups -OCH3 is 1. The Balaban J connectivity index is 1.42. The molecular formula is C30H36F2N6O3. The Morgan fingerprint density at radius 3 is 2.59 bits per heavy atom. The number of benzene rings is 2. The molecule has 3 amide bonds. The summed E-state index contributed by atoms with van der Waals surface area (Å²) in [6, 6.07) is 12.4. The monoisotopic (exact) mass is 566 g/mol. The van der Waals surface area contributed by atoms with E-state index in [1.807, 2.05) is 42.2 Å². The van der Waals surface area contributed by atoms with E-state index in [1.54, 1.807) is 24.8 Å². The predicted octanol–water partition coefficient (Wildman–Crippen LogP) is 4.38. The number of rotatable bonds is 8. The van der Waals surface area contributed by atoms with Crippen LogP contribution >= 0.6 is 0 Å². The van der Waals surface area contributed by atoms with E-state index in [9.17, 15) is 18.4 Å². The molecule has 2 fully saturated rings. The maximum atomic E-state index is 14.1. The quantitative estimate of drug-likeness (QED) is 0.423. The van der Waals surface area contributed by atoms with Gasteiger partial charge in [0.2, 0.25) is 5.91 Å². The molecule has 1 unspecified atom stereocenters. The van der Waals surface area contributed by atoms with Crippen molar-refractivity contribution in [2.75, 3.05) is 45.2 Å². The number of hydrogen-bond acceptors (Lipinski definition) is 5. The molecule has 2 aliphatic rings. The van der Waals surface area contributed by atoms with Gasteiger partial charge < -0.3 is 15.0 Å². The molecule has 41 heavy (non-hydrogen) atoms. The highest BCUT2D eigenvalue weighted by Gasteiger charge is 2.36. The maximum absolute atomic E-state index is 14.1. The topological polar surface area (TPSA) is 91.7 Å². The molecule has 2 aromatic carbocycles. The molecule has 3 aromatic rings. The number of carbonyl (C=O) groups is 2. The second-order valence-corrected chi connectivity index (χ2v) is 10.7. The van der Waals surface area contributed by atoms with E-state index in [0.717, 1.165) is 35.9 Å². The molecule has 0 saturated carbocycles. The van der Waals surface area contributed by atoms with E-state index >= 15 is 0 Å². The van der Waals surface area contributed by atoms with Crippen molar-refractivity contribution in [1.29, 1.82) is 0 Å². The Bertz CT molecular complexity index is 1400. The van der Waals surface area contributed by atoms with E-state index in [2.05, 4.69) is 15.5 Å². The molecule has 3 heterocycles. The van der Waals surface area contributed by atoms with Gasteiger partial charge in [0.25, 0.3) is 0 Å². The molecule has 2 aliphatic heterocycles. The second kappa shape index (κ2) is 12.4. The first-order chi connectivity index (χ1) is 19.8. The minimum absolute atomic E-state index is 0.00375. The van der Waals surface area contributed by atoms with Crippen LogP contribution in [0.5, 0.6) is 0 Å². The number of likely N-dealkylation sites (tertiary alicyclic amines) is 2. The lowest BCUT2D eigenvalue weighted by Crippen LogP contribution is -2.42. The van der Waals surface area contributed by atoms with E-state index in [0.29, 0.717) is 44.2 Å². The molecule has 11 heteroatoms. The lowest BCUT2D eigenvalue weighted by molar-refractivity contribution is -0.129. The van der Waals surface area contributed by atoms with Gasteiger partial charge >= 0.3 is 6.03 Å². The highest BCUT2D eigenvalue weighted by atomic mass is 19.2. The number of halogens is 2. The van der Waals surface area contributed by atoms with Crippen LogP contribution in [0.2, 0.25) is 0 Å². The summed E-state index contributed by atoms with van der Waals surface area (Å²) < 4.78 is 34.7. The van der Waals surface area contributed by atoms with Gasteiger partial charge in [-0.05, 0) is 49.6 Å². The van der Waals surface area contributed by atoms with Crippen molar-refractivity contribution in [2.45, 2.75) is 44.7 Å². The number of urea groups is 1. The maximum Gasteiger partial charge on any atom is 0.320 e. The number of nitrogens with zero attached hydrogens (tertiary/aromatic N) is 4. The van der Waals surface area contributed by atoms with Crippen LogP contribution in [0.25, 0.3) is 5.69 Å². The first kappa shape index (κ1) is 28.7. The summed E-state index contributed by atoms with van der Waals surface area (Å²) in [6.45, 7) is 6.39. The van der Waals surface area contributed by atoms with Gasteiger partial charge in [0.1, 0.15) is 5.82 Å². The van der Waals surface area contributed by atoms with Crippen LogP contribution in [0.3, 0.4) is 0 Å². The standard InChI is InChI=1S/C30H36F2N6O3/c1-19-28(27-10-7-13-37(27)20(2)39)35-38(22-8-5-4-6-9-22)29(19)34-30(40)33-26-18-36(14-15-41-3)17-23(26)21-11-12-24(31)25(32)16-21/h4-6,8-9,11-12,16,23,26-27H,7,10,13-15,17-18H2,1-3H3,(H2,33,34,40)/t23-,26+,27?/m0/s1. The average Bonchev–Trinajstić information content (AvgIpc) is 3.68. The molecule has 0 spiro atoms.